The first-order valence-corrected chi connectivity index (χ1v) is 9.90. The minimum Gasteiger partial charge on any atom is -0.473 e. The second kappa shape index (κ2) is 13.0. The molecule has 31 heavy (non-hydrogen) atoms. The highest BCUT2D eigenvalue weighted by atomic mass is 16.4. The second-order valence-electron chi connectivity index (χ2n) is 6.83. The van der Waals surface area contributed by atoms with Crippen molar-refractivity contribution < 1.29 is 19.8 Å². The summed E-state index contributed by atoms with van der Waals surface area (Å²) < 4.78 is 2.57. The van der Waals surface area contributed by atoms with Crippen LogP contribution in [-0.4, -0.2) is 62.4 Å². The second-order valence-corrected chi connectivity index (χ2v) is 6.83. The summed E-state index contributed by atoms with van der Waals surface area (Å²) in [5.74, 6) is -3.08. The fourth-order valence-electron chi connectivity index (χ4n) is 2.82. The summed E-state index contributed by atoms with van der Waals surface area (Å²) in [6.07, 6.45) is 2.19. The smallest absolute Gasteiger partial charge is 0.414 e. The highest BCUT2D eigenvalue weighted by molar-refractivity contribution is 6.27. The average molecular weight is 434 g/mol. The van der Waals surface area contributed by atoms with Gasteiger partial charge in [-0.15, -0.1) is 0 Å². The van der Waals surface area contributed by atoms with Crippen LogP contribution in [0.1, 0.15) is 18.9 Å². The maximum Gasteiger partial charge on any atom is 0.414 e. The zero-order valence-electron chi connectivity index (χ0n) is 18.1. The monoisotopic (exact) mass is 434 g/mol. The van der Waals surface area contributed by atoms with Gasteiger partial charge in [0.15, 0.2) is 0 Å². The summed E-state index contributed by atoms with van der Waals surface area (Å²) in [5, 5.41) is 18.0. The molecule has 0 aliphatic heterocycles. The van der Waals surface area contributed by atoms with Crippen molar-refractivity contribution in [3.8, 4) is 0 Å². The number of nitrogens with zero attached hydrogens (tertiary/aromatic N) is 3. The summed E-state index contributed by atoms with van der Waals surface area (Å²) in [4.78, 5) is 44.2. The van der Waals surface area contributed by atoms with Crippen LogP contribution in [0.2, 0.25) is 0 Å². The van der Waals surface area contributed by atoms with Crippen molar-refractivity contribution in [1.29, 1.82) is 0 Å². The van der Waals surface area contributed by atoms with Gasteiger partial charge in [-0.2, -0.15) is 0 Å². The third-order valence-electron chi connectivity index (χ3n) is 4.67. The van der Waals surface area contributed by atoms with Crippen molar-refractivity contribution in [2.45, 2.75) is 19.8 Å². The fourth-order valence-corrected chi connectivity index (χ4v) is 2.82. The van der Waals surface area contributed by atoms with E-state index in [1.54, 1.807) is 7.05 Å². The van der Waals surface area contributed by atoms with E-state index >= 15 is 0 Å². The van der Waals surface area contributed by atoms with Crippen molar-refractivity contribution in [1.82, 2.24) is 14.0 Å². The molecule has 0 aliphatic rings. The molecule has 0 saturated heterocycles. The van der Waals surface area contributed by atoms with Crippen LogP contribution in [0.4, 0.5) is 5.82 Å². The van der Waals surface area contributed by atoms with Crippen LogP contribution < -0.4 is 16.6 Å². The summed E-state index contributed by atoms with van der Waals surface area (Å²) in [7, 11) is 3.15. The van der Waals surface area contributed by atoms with Crippen LogP contribution >= 0.6 is 0 Å². The first-order chi connectivity index (χ1) is 14.7. The van der Waals surface area contributed by atoms with E-state index in [-0.39, 0.29) is 11.2 Å². The van der Waals surface area contributed by atoms with Crippen LogP contribution in [0.15, 0.2) is 46.0 Å². The normalized spacial score (nSPS) is 10.3. The number of carboxylic acid groups (broad SMARTS) is 2. The predicted octanol–water partition coefficient (Wildman–Crippen LogP) is 0.606. The predicted molar refractivity (Wildman–Crippen MR) is 118 cm³/mol. The van der Waals surface area contributed by atoms with Gasteiger partial charge in [0.2, 0.25) is 0 Å². The van der Waals surface area contributed by atoms with E-state index in [4.69, 9.17) is 19.8 Å². The molecule has 0 fully saturated rings. The Balaban J connectivity index is 0.000000703. The molecule has 0 aliphatic carbocycles. The number of aryl methyl sites for hydroxylation is 1. The molecule has 0 radical (unpaired) electrons. The molecule has 0 saturated carbocycles. The number of nitrogens with one attached hydrogen (secondary N) is 1. The van der Waals surface area contributed by atoms with E-state index in [0.29, 0.717) is 12.4 Å². The van der Waals surface area contributed by atoms with E-state index in [2.05, 4.69) is 41.4 Å². The minimum absolute atomic E-state index is 0.291. The van der Waals surface area contributed by atoms with Gasteiger partial charge in [-0.1, -0.05) is 37.3 Å². The average Bonchev–Trinajstić information content (AvgIpc) is 2.75. The molecule has 10 nitrogen and oxygen atoms in total. The third-order valence-corrected chi connectivity index (χ3v) is 4.67. The largest absolute Gasteiger partial charge is 0.473 e. The Bertz CT molecular complexity index is 956. The maximum absolute atomic E-state index is 11.9. The van der Waals surface area contributed by atoms with E-state index in [1.165, 1.54) is 23.2 Å². The molecule has 0 unspecified atom stereocenters. The van der Waals surface area contributed by atoms with Gasteiger partial charge in [0.25, 0.3) is 5.56 Å². The van der Waals surface area contributed by atoms with Gasteiger partial charge in [-0.05, 0) is 31.5 Å². The fraction of sp³-hybridized carbons (Fsp3) is 0.429. The van der Waals surface area contributed by atoms with Crippen LogP contribution in [-0.2, 0) is 30.1 Å². The standard InChI is InChI=1S/C19H28N4O2.C2H2O4/c1-4-23(13-8-11-16-9-6-5-7-10-16)14-12-20-17-15-18(24)22(3)19(25)21(17)2;3-1(4)2(5)6/h5-7,9-10,15,20H,4,8,11-14H2,1-3H3;(H,3,4)(H,5,6). The van der Waals surface area contributed by atoms with Crippen molar-refractivity contribution >= 4 is 17.8 Å². The minimum atomic E-state index is -1.82. The van der Waals surface area contributed by atoms with Crippen LogP contribution in [0, 0.1) is 0 Å². The van der Waals surface area contributed by atoms with E-state index < -0.39 is 11.9 Å². The Morgan fingerprint density at radius 1 is 1.00 bits per heavy atom. The number of anilines is 1. The molecular weight excluding hydrogens is 404 g/mol. The van der Waals surface area contributed by atoms with E-state index in [9.17, 15) is 9.59 Å². The molecular formula is C21H30N4O6. The van der Waals surface area contributed by atoms with Gasteiger partial charge in [0.05, 0.1) is 0 Å². The quantitative estimate of drug-likeness (QED) is 0.489. The Hall–Kier alpha value is -3.40. The van der Waals surface area contributed by atoms with E-state index in [0.717, 1.165) is 37.0 Å². The van der Waals surface area contributed by atoms with E-state index in [1.807, 2.05) is 6.07 Å². The number of carbonyl (C=O) groups is 2. The topological polar surface area (TPSA) is 134 Å². The van der Waals surface area contributed by atoms with Crippen LogP contribution in [0.5, 0.6) is 0 Å². The number of benzene rings is 1. The van der Waals surface area contributed by atoms with Crippen molar-refractivity contribution in [3.05, 3.63) is 62.8 Å². The first kappa shape index (κ1) is 25.6. The van der Waals surface area contributed by atoms with Crippen LogP contribution in [0.3, 0.4) is 0 Å². The Kier molecular flexibility index (Phi) is 10.8. The molecule has 2 rings (SSSR count). The van der Waals surface area contributed by atoms with Gasteiger partial charge in [0, 0.05) is 33.3 Å². The summed E-state index contributed by atoms with van der Waals surface area (Å²) in [6, 6.07) is 12.0. The highest BCUT2D eigenvalue weighted by Crippen LogP contribution is 2.04. The Morgan fingerprint density at radius 2 is 1.61 bits per heavy atom. The number of aliphatic carboxylic acids is 2. The van der Waals surface area contributed by atoms with Gasteiger partial charge in [-0.25, -0.2) is 14.4 Å². The number of aromatic nitrogens is 2. The molecule has 1 aromatic heterocycles. The molecule has 170 valence electrons. The number of likely N-dealkylation sites (N-methyl/N-ethyl adjacent to an activating group) is 1. The SMILES string of the molecule is CCN(CCCc1ccccc1)CCNc1cc(=O)n(C)c(=O)n1C.O=C(O)C(=O)O. The number of hydrogen-bond acceptors (Lipinski definition) is 6. The lowest BCUT2D eigenvalue weighted by molar-refractivity contribution is -0.159. The molecule has 1 aromatic carbocycles. The number of hydrogen-bond donors (Lipinski definition) is 3. The van der Waals surface area contributed by atoms with Crippen molar-refractivity contribution in [2.24, 2.45) is 14.1 Å². The molecule has 10 heteroatoms. The summed E-state index contributed by atoms with van der Waals surface area (Å²) >= 11 is 0. The van der Waals surface area contributed by atoms with Gasteiger partial charge >= 0.3 is 17.6 Å². The summed E-state index contributed by atoms with van der Waals surface area (Å²) in [5.41, 5.74) is 0.762. The van der Waals surface area contributed by atoms with Crippen LogP contribution in [0.25, 0.3) is 0 Å². The lowest BCUT2D eigenvalue weighted by Gasteiger charge is -2.21. The van der Waals surface area contributed by atoms with Gasteiger partial charge < -0.3 is 20.4 Å². The zero-order valence-corrected chi connectivity index (χ0v) is 18.1. The molecule has 0 bridgehead atoms. The Morgan fingerprint density at radius 3 is 2.16 bits per heavy atom. The van der Waals surface area contributed by atoms with Gasteiger partial charge in [-0.3, -0.25) is 13.9 Å². The molecule has 0 atom stereocenters. The summed E-state index contributed by atoms with van der Waals surface area (Å²) in [6.45, 7) is 5.72. The lowest BCUT2D eigenvalue weighted by Crippen LogP contribution is -2.38. The molecule has 2 aromatic rings. The molecule has 0 amide bonds. The molecule has 1 heterocycles. The van der Waals surface area contributed by atoms with Crippen molar-refractivity contribution in [2.75, 3.05) is 31.5 Å². The zero-order chi connectivity index (χ0) is 23.4. The lowest BCUT2D eigenvalue weighted by atomic mass is 10.1. The maximum atomic E-state index is 11.9. The number of carboxylic acids is 2. The highest BCUT2D eigenvalue weighted by Gasteiger charge is 2.07. The van der Waals surface area contributed by atoms with Gasteiger partial charge in [0.1, 0.15) is 5.82 Å². The third kappa shape index (κ3) is 8.87. The Labute approximate surface area is 180 Å². The first-order valence-electron chi connectivity index (χ1n) is 9.90. The number of rotatable bonds is 9. The molecule has 0 spiro atoms. The molecule has 3 N–H and O–H groups in total. The van der Waals surface area contributed by atoms with Crippen molar-refractivity contribution in [3.63, 3.8) is 0 Å².